The number of halogens is 3. The summed E-state index contributed by atoms with van der Waals surface area (Å²) in [6.45, 7) is 0. The lowest BCUT2D eigenvalue weighted by Crippen LogP contribution is -2.15. The Morgan fingerprint density at radius 3 is 2.77 bits per heavy atom. The predicted molar refractivity (Wildman–Crippen MR) is 93.5 cm³/mol. The molecule has 2 aromatic carbocycles. The Labute approximate surface area is 153 Å². The van der Waals surface area contributed by atoms with Crippen LogP contribution in [0.4, 0.5) is 20.2 Å². The molecular formula is C15H9ClF2N4O3S. The summed E-state index contributed by atoms with van der Waals surface area (Å²) in [7, 11) is 0. The van der Waals surface area contributed by atoms with Gasteiger partial charge in [-0.1, -0.05) is 23.4 Å². The number of benzene rings is 2. The number of nitro groups is 1. The predicted octanol–water partition coefficient (Wildman–Crippen LogP) is 4.13. The lowest BCUT2D eigenvalue weighted by Gasteiger charge is -2.05. The fraction of sp³-hybridized carbons (Fsp3) is 0.0667. The molecule has 0 saturated carbocycles. The number of thioether (sulfide) groups is 1. The number of nitrogens with one attached hydrogen (secondary N) is 2. The monoisotopic (exact) mass is 398 g/mol. The highest BCUT2D eigenvalue weighted by atomic mass is 35.5. The Bertz CT molecular complexity index is 989. The van der Waals surface area contributed by atoms with Crippen molar-refractivity contribution in [3.05, 3.63) is 57.1 Å². The number of anilines is 1. The highest BCUT2D eigenvalue weighted by molar-refractivity contribution is 7.99. The number of aromatic nitrogens is 2. The average Bonchev–Trinajstić information content (AvgIpc) is 2.96. The number of nitrogens with zero attached hydrogens (tertiary/aromatic N) is 2. The summed E-state index contributed by atoms with van der Waals surface area (Å²) < 4.78 is 26.4. The van der Waals surface area contributed by atoms with Gasteiger partial charge in [0.05, 0.1) is 21.7 Å². The molecule has 0 fully saturated rings. The SMILES string of the molecule is O=C(CSc1nc2cc(F)c(F)cc2[nH]1)Nc1ccc(Cl)cc1[N+](=O)[O-]. The van der Waals surface area contributed by atoms with Crippen molar-refractivity contribution in [2.75, 3.05) is 11.1 Å². The van der Waals surface area contributed by atoms with Gasteiger partial charge in [-0.3, -0.25) is 14.9 Å². The summed E-state index contributed by atoms with van der Waals surface area (Å²) >= 11 is 6.70. The van der Waals surface area contributed by atoms with Crippen LogP contribution in [0.3, 0.4) is 0 Å². The van der Waals surface area contributed by atoms with Crippen molar-refractivity contribution >= 4 is 51.7 Å². The summed E-state index contributed by atoms with van der Waals surface area (Å²) in [6, 6.07) is 5.79. The van der Waals surface area contributed by atoms with Crippen LogP contribution in [0.15, 0.2) is 35.5 Å². The minimum absolute atomic E-state index is 0.0127. The van der Waals surface area contributed by atoms with E-state index in [0.29, 0.717) is 5.52 Å². The van der Waals surface area contributed by atoms with E-state index in [2.05, 4.69) is 15.3 Å². The van der Waals surface area contributed by atoms with Crippen LogP contribution in [0, 0.1) is 21.7 Å². The number of carbonyl (C=O) groups excluding carboxylic acids is 1. The number of carbonyl (C=O) groups is 1. The third-order valence-corrected chi connectivity index (χ3v) is 4.38. The van der Waals surface area contributed by atoms with Gasteiger partial charge in [-0.15, -0.1) is 0 Å². The van der Waals surface area contributed by atoms with Crippen molar-refractivity contribution in [3.63, 3.8) is 0 Å². The topological polar surface area (TPSA) is 101 Å². The molecular weight excluding hydrogens is 390 g/mol. The van der Waals surface area contributed by atoms with Gasteiger partial charge in [-0.05, 0) is 12.1 Å². The van der Waals surface area contributed by atoms with E-state index < -0.39 is 22.5 Å². The average molecular weight is 399 g/mol. The standard InChI is InChI=1S/C15H9ClF2N4O3S/c16-7-1-2-10(13(3-7)22(24)25)19-14(23)6-26-15-20-11-4-8(17)9(18)5-12(11)21-15/h1-5H,6H2,(H,19,23)(H,20,21). The molecule has 0 radical (unpaired) electrons. The quantitative estimate of drug-likeness (QED) is 0.382. The molecule has 0 spiro atoms. The first-order chi connectivity index (χ1) is 12.3. The zero-order valence-corrected chi connectivity index (χ0v) is 14.3. The number of hydrogen-bond acceptors (Lipinski definition) is 5. The van der Waals surface area contributed by atoms with Gasteiger partial charge >= 0.3 is 0 Å². The van der Waals surface area contributed by atoms with E-state index in [4.69, 9.17) is 11.6 Å². The highest BCUT2D eigenvalue weighted by Gasteiger charge is 2.17. The van der Waals surface area contributed by atoms with Crippen LogP contribution in [-0.2, 0) is 4.79 Å². The Hall–Kier alpha value is -2.72. The third kappa shape index (κ3) is 3.92. The zero-order chi connectivity index (χ0) is 18.8. The highest BCUT2D eigenvalue weighted by Crippen LogP contribution is 2.28. The van der Waals surface area contributed by atoms with E-state index in [1.165, 1.54) is 12.1 Å². The van der Waals surface area contributed by atoms with Gasteiger partial charge < -0.3 is 10.3 Å². The second kappa shape index (κ2) is 7.26. The largest absolute Gasteiger partial charge is 0.333 e. The smallest absolute Gasteiger partial charge is 0.294 e. The maximum Gasteiger partial charge on any atom is 0.294 e. The lowest BCUT2D eigenvalue weighted by molar-refractivity contribution is -0.383. The molecule has 7 nitrogen and oxygen atoms in total. The van der Waals surface area contributed by atoms with Crippen molar-refractivity contribution in [1.82, 2.24) is 9.97 Å². The third-order valence-electron chi connectivity index (χ3n) is 3.27. The van der Waals surface area contributed by atoms with Crippen molar-refractivity contribution in [2.45, 2.75) is 5.16 Å². The van der Waals surface area contributed by atoms with Gasteiger partial charge in [0.25, 0.3) is 5.69 Å². The fourth-order valence-corrected chi connectivity index (χ4v) is 2.98. The molecule has 11 heteroatoms. The molecule has 0 aliphatic rings. The van der Waals surface area contributed by atoms with E-state index in [0.717, 1.165) is 30.0 Å². The van der Waals surface area contributed by atoms with Crippen LogP contribution >= 0.6 is 23.4 Å². The van der Waals surface area contributed by atoms with Crippen molar-refractivity contribution in [3.8, 4) is 0 Å². The Morgan fingerprint density at radius 1 is 1.31 bits per heavy atom. The van der Waals surface area contributed by atoms with Crippen LogP contribution in [0.2, 0.25) is 5.02 Å². The number of aromatic amines is 1. The van der Waals surface area contributed by atoms with Crippen LogP contribution in [0.1, 0.15) is 0 Å². The summed E-state index contributed by atoms with van der Waals surface area (Å²) in [5.41, 5.74) is 0.199. The van der Waals surface area contributed by atoms with Gasteiger partial charge in [0.2, 0.25) is 5.91 Å². The first kappa shape index (κ1) is 18.1. The number of fused-ring (bicyclic) bond motifs is 1. The van der Waals surface area contributed by atoms with Crippen LogP contribution in [0.25, 0.3) is 11.0 Å². The maximum atomic E-state index is 13.2. The molecule has 3 aromatic rings. The van der Waals surface area contributed by atoms with Gasteiger partial charge in [-0.25, -0.2) is 13.8 Å². The lowest BCUT2D eigenvalue weighted by atomic mass is 10.2. The van der Waals surface area contributed by atoms with Crippen LogP contribution < -0.4 is 5.32 Å². The van der Waals surface area contributed by atoms with E-state index in [1.807, 2.05) is 0 Å². The number of amides is 1. The second-order valence-corrected chi connectivity index (χ2v) is 6.48. The molecule has 3 rings (SSSR count). The summed E-state index contributed by atoms with van der Waals surface area (Å²) in [4.78, 5) is 29.2. The zero-order valence-electron chi connectivity index (χ0n) is 12.8. The van der Waals surface area contributed by atoms with E-state index in [1.54, 1.807) is 0 Å². The van der Waals surface area contributed by atoms with Gasteiger partial charge in [0.1, 0.15) is 5.69 Å². The summed E-state index contributed by atoms with van der Waals surface area (Å²) in [5.74, 6) is -2.66. The number of hydrogen-bond donors (Lipinski definition) is 2. The first-order valence-electron chi connectivity index (χ1n) is 7.05. The second-order valence-electron chi connectivity index (χ2n) is 5.08. The van der Waals surface area contributed by atoms with Gasteiger partial charge in [0, 0.05) is 23.2 Å². The molecule has 0 saturated heterocycles. The van der Waals surface area contributed by atoms with E-state index in [-0.39, 0.29) is 32.8 Å². The molecule has 0 bridgehead atoms. The Balaban J connectivity index is 1.69. The molecule has 26 heavy (non-hydrogen) atoms. The number of H-pyrrole nitrogens is 1. The Morgan fingerprint density at radius 2 is 2.04 bits per heavy atom. The van der Waals surface area contributed by atoms with Gasteiger partial charge in [-0.2, -0.15) is 0 Å². The molecule has 0 aliphatic carbocycles. The fourth-order valence-electron chi connectivity index (χ4n) is 2.13. The van der Waals surface area contributed by atoms with Crippen molar-refractivity contribution in [1.29, 1.82) is 0 Å². The van der Waals surface area contributed by atoms with E-state index in [9.17, 15) is 23.7 Å². The number of nitro benzene ring substituents is 1. The molecule has 134 valence electrons. The van der Waals surface area contributed by atoms with Crippen LogP contribution in [0.5, 0.6) is 0 Å². The molecule has 2 N–H and O–H groups in total. The van der Waals surface area contributed by atoms with Crippen molar-refractivity contribution < 1.29 is 18.5 Å². The molecule has 0 unspecified atom stereocenters. The summed E-state index contributed by atoms with van der Waals surface area (Å²) in [6.07, 6.45) is 0. The minimum Gasteiger partial charge on any atom is -0.333 e. The molecule has 1 aromatic heterocycles. The Kier molecular flexibility index (Phi) is 5.05. The van der Waals surface area contributed by atoms with Gasteiger partial charge in [0.15, 0.2) is 16.8 Å². The molecule has 1 heterocycles. The molecule has 0 atom stereocenters. The van der Waals surface area contributed by atoms with Crippen LogP contribution in [-0.4, -0.2) is 26.6 Å². The number of imidazole rings is 1. The minimum atomic E-state index is -1.02. The van der Waals surface area contributed by atoms with Crippen molar-refractivity contribution in [2.24, 2.45) is 0 Å². The molecule has 0 aliphatic heterocycles. The normalized spacial score (nSPS) is 10.9. The number of rotatable bonds is 5. The molecule has 1 amide bonds. The summed E-state index contributed by atoms with van der Waals surface area (Å²) in [5, 5.41) is 13.9. The maximum absolute atomic E-state index is 13.2. The first-order valence-corrected chi connectivity index (χ1v) is 8.41. The van der Waals surface area contributed by atoms with E-state index >= 15 is 0 Å².